The minimum atomic E-state index is -2.92. The van der Waals surface area contributed by atoms with Gasteiger partial charge in [0.1, 0.15) is 47.3 Å². The third-order valence-electron chi connectivity index (χ3n) is 13.4. The number of fused-ring (bicyclic) bond motifs is 3. The predicted octanol–water partition coefficient (Wildman–Crippen LogP) is 8.12. The van der Waals surface area contributed by atoms with Crippen LogP contribution in [0.15, 0.2) is 24.5 Å². The number of amides is 1. The van der Waals surface area contributed by atoms with Gasteiger partial charge in [-0.1, -0.05) is 24.6 Å². The van der Waals surface area contributed by atoms with Crippen molar-refractivity contribution in [2.75, 3.05) is 50.0 Å². The third kappa shape index (κ3) is 5.93. The van der Waals surface area contributed by atoms with Gasteiger partial charge in [-0.15, -0.1) is 16.4 Å². The molecule has 5 fully saturated rings. The Hall–Kier alpha value is -4.86. The van der Waals surface area contributed by atoms with Crippen molar-refractivity contribution < 1.29 is 31.5 Å². The predicted molar refractivity (Wildman–Crippen MR) is 210 cm³/mol. The summed E-state index contributed by atoms with van der Waals surface area (Å²) in [5, 5.41) is 14.2. The number of nitriles is 1. The second kappa shape index (κ2) is 13.6. The van der Waals surface area contributed by atoms with Crippen LogP contribution in [0, 0.1) is 33.8 Å². The first-order valence-corrected chi connectivity index (χ1v) is 20.8. The van der Waals surface area contributed by atoms with Crippen molar-refractivity contribution in [1.29, 1.82) is 5.26 Å². The number of halogens is 6. The van der Waals surface area contributed by atoms with Crippen LogP contribution in [0.5, 0.6) is 6.01 Å². The van der Waals surface area contributed by atoms with Crippen molar-refractivity contribution in [3.63, 3.8) is 0 Å². The first-order chi connectivity index (χ1) is 28.2. The fraction of sp³-hybridized carbons (Fsp3) is 0.500. The number of piperidine rings is 1. The van der Waals surface area contributed by atoms with Crippen molar-refractivity contribution in [3.8, 4) is 23.2 Å². The van der Waals surface area contributed by atoms with Crippen LogP contribution in [-0.4, -0.2) is 97.6 Å². The molecule has 10 rings (SSSR count). The van der Waals surface area contributed by atoms with Crippen LogP contribution in [0.4, 0.5) is 37.6 Å². The lowest BCUT2D eigenvalue weighted by Crippen LogP contribution is -2.73. The number of rotatable bonds is 7. The van der Waals surface area contributed by atoms with Gasteiger partial charge in [-0.05, 0) is 68.2 Å². The number of alkyl halides is 3. The van der Waals surface area contributed by atoms with Crippen molar-refractivity contribution in [2.24, 2.45) is 10.8 Å². The summed E-state index contributed by atoms with van der Waals surface area (Å²) in [6, 6.07) is 5.25. The number of aromatic nitrogens is 5. The van der Waals surface area contributed by atoms with Crippen LogP contribution in [0.3, 0.4) is 0 Å². The molecule has 0 bridgehead atoms. The highest BCUT2D eigenvalue weighted by Gasteiger charge is 2.66. The lowest BCUT2D eigenvalue weighted by atomic mass is 9.61. The second-order valence-corrected chi connectivity index (χ2v) is 18.6. The molecule has 7 heterocycles. The molecule has 1 aliphatic carbocycles. The Kier molecular flexibility index (Phi) is 8.83. The van der Waals surface area contributed by atoms with Crippen LogP contribution >= 0.6 is 22.9 Å². The Labute approximate surface area is 343 Å². The van der Waals surface area contributed by atoms with Crippen molar-refractivity contribution in [1.82, 2.24) is 34.5 Å². The van der Waals surface area contributed by atoms with Gasteiger partial charge >= 0.3 is 12.0 Å². The van der Waals surface area contributed by atoms with Gasteiger partial charge in [0.25, 0.3) is 6.43 Å². The number of likely N-dealkylation sites (tertiary alicyclic amines) is 1. The van der Waals surface area contributed by atoms with Crippen LogP contribution in [0.1, 0.15) is 69.7 Å². The lowest BCUT2D eigenvalue weighted by Gasteiger charge is -2.62. The molecule has 0 unspecified atom stereocenters. The molecular weight excluding hydrogens is 815 g/mol. The molecule has 4 atom stereocenters. The average Bonchev–Trinajstić information content (AvgIpc) is 3.59. The molecule has 5 aliphatic rings. The molecule has 19 heteroatoms. The maximum Gasteiger partial charge on any atom is 0.346 e. The molecule has 1 saturated carbocycles. The summed E-state index contributed by atoms with van der Waals surface area (Å²) in [6.45, 7) is 4.53. The summed E-state index contributed by atoms with van der Waals surface area (Å²) >= 11 is 7.87. The van der Waals surface area contributed by atoms with E-state index in [2.05, 4.69) is 26.9 Å². The molecule has 1 amide bonds. The van der Waals surface area contributed by atoms with Gasteiger partial charge in [-0.3, -0.25) is 4.90 Å². The summed E-state index contributed by atoms with van der Waals surface area (Å²) in [5.41, 5.74) is 4.90. The van der Waals surface area contributed by atoms with Crippen molar-refractivity contribution in [3.05, 3.63) is 52.6 Å². The van der Waals surface area contributed by atoms with Gasteiger partial charge < -0.3 is 20.3 Å². The zero-order chi connectivity index (χ0) is 41.2. The zero-order valence-electron chi connectivity index (χ0n) is 31.8. The summed E-state index contributed by atoms with van der Waals surface area (Å²) in [6.07, 6.45) is 2.24. The number of nitrogens with zero attached hydrogens (tertiary/aromatic N) is 9. The molecule has 12 nitrogen and oxygen atoms in total. The molecule has 3 aromatic heterocycles. The summed E-state index contributed by atoms with van der Waals surface area (Å²) in [7, 11) is 0. The Morgan fingerprint density at radius 3 is 2.69 bits per heavy atom. The van der Waals surface area contributed by atoms with E-state index in [-0.39, 0.29) is 66.4 Å². The van der Waals surface area contributed by atoms with Gasteiger partial charge in [-0.25, -0.2) is 31.7 Å². The number of nitrogen functional groups attached to an aromatic ring is 1. The molecule has 2 aromatic carbocycles. The molecule has 2 N–H and O–H groups in total. The average molecular weight is 853 g/mol. The molecular formula is C40H38ClF5N10O2S. The first-order valence-electron chi connectivity index (χ1n) is 19.6. The van der Waals surface area contributed by atoms with Crippen molar-refractivity contribution >= 4 is 60.8 Å². The highest BCUT2D eigenvalue weighted by Crippen LogP contribution is 2.62. The summed E-state index contributed by atoms with van der Waals surface area (Å²) in [5.74, 6) is -1.81. The Bertz CT molecular complexity index is 2620. The zero-order valence-corrected chi connectivity index (χ0v) is 33.4. The van der Waals surface area contributed by atoms with E-state index in [0.29, 0.717) is 50.2 Å². The van der Waals surface area contributed by atoms with E-state index in [0.717, 1.165) is 61.0 Å². The minimum Gasteiger partial charge on any atom is -0.461 e. The number of hydrogen-bond acceptors (Lipinski definition) is 11. The number of hydrogen-bond donors (Lipinski definition) is 1. The quantitative estimate of drug-likeness (QED) is 0.160. The highest BCUT2D eigenvalue weighted by atomic mass is 35.5. The van der Waals surface area contributed by atoms with Crippen LogP contribution < -0.4 is 15.4 Å². The van der Waals surface area contributed by atoms with Gasteiger partial charge in [-0.2, -0.15) is 19.9 Å². The normalized spacial score (nSPS) is 26.2. The van der Waals surface area contributed by atoms with E-state index in [1.807, 2.05) is 11.0 Å². The Morgan fingerprint density at radius 1 is 1.15 bits per heavy atom. The maximum atomic E-state index is 17.4. The Balaban J connectivity index is 1.07. The smallest absolute Gasteiger partial charge is 0.346 e. The van der Waals surface area contributed by atoms with E-state index < -0.39 is 47.0 Å². The standard InChI is InChI=1S/C40H38ClF5N10O2S/c1-38(8-9-38)35-39(17-55(35)37(57)56-19-49-33(52-56)31(45)46)6-2-10-53(16-39)34-22-12-24(41)27(21-4-5-25(43)30-26(21)23(14-47)32(48)59-30)28(44)29(22)50-36(51-34)58-18-40-7-3-11-54(40)15-20(42)13-40/h4-5,12,19-20,31,35H,2-3,6-11,13,15-18,48H2,1H3/t20-,35-,39-,40+/m1/s1. The molecule has 4 saturated heterocycles. The molecule has 1 spiro atoms. The van der Waals surface area contributed by atoms with Gasteiger partial charge in [0.2, 0.25) is 5.82 Å². The van der Waals surface area contributed by atoms with Gasteiger partial charge in [0.05, 0.1) is 20.8 Å². The number of nitrogens with two attached hydrogens (primary N) is 1. The second-order valence-electron chi connectivity index (χ2n) is 17.1. The van der Waals surface area contributed by atoms with Gasteiger partial charge in [0.15, 0.2) is 5.82 Å². The van der Waals surface area contributed by atoms with E-state index in [4.69, 9.17) is 27.1 Å². The number of anilines is 2. The molecule has 59 heavy (non-hydrogen) atoms. The highest BCUT2D eigenvalue weighted by molar-refractivity contribution is 7.23. The number of thiophene rings is 1. The van der Waals surface area contributed by atoms with E-state index in [9.17, 15) is 23.2 Å². The fourth-order valence-electron chi connectivity index (χ4n) is 10.7. The van der Waals surface area contributed by atoms with Crippen LogP contribution in [0.2, 0.25) is 5.02 Å². The monoisotopic (exact) mass is 852 g/mol. The number of ether oxygens (including phenoxy) is 1. The Morgan fingerprint density at radius 2 is 1.95 bits per heavy atom. The maximum absolute atomic E-state index is 17.4. The minimum absolute atomic E-state index is 0.00870. The van der Waals surface area contributed by atoms with Crippen LogP contribution in [0.25, 0.3) is 32.1 Å². The van der Waals surface area contributed by atoms with Crippen LogP contribution in [-0.2, 0) is 0 Å². The molecule has 0 radical (unpaired) electrons. The summed E-state index contributed by atoms with van der Waals surface area (Å²) < 4.78 is 81.2. The number of carbonyl (C=O) groups excluding carboxylic acids is 1. The topological polar surface area (TPSA) is 142 Å². The van der Waals surface area contributed by atoms with Crippen molar-refractivity contribution in [2.45, 2.75) is 76.0 Å². The summed E-state index contributed by atoms with van der Waals surface area (Å²) in [4.78, 5) is 32.7. The SMILES string of the molecule is CC1([C@H]2N(C(=O)n3cnc(C(F)F)n3)C[C@]23CCCN(c2nc(OC[C@@]45CCCN4C[C@H](F)C5)nc4c(F)c(-c5ccc(F)c6sc(N)c(C#N)c56)c(Cl)cc24)C3)CC1. The number of benzene rings is 2. The lowest BCUT2D eigenvalue weighted by molar-refractivity contribution is -0.0851. The van der Waals surface area contributed by atoms with Gasteiger partial charge in [0, 0.05) is 60.4 Å². The number of carbonyl (C=O) groups is 1. The largest absolute Gasteiger partial charge is 0.461 e. The van der Waals surface area contributed by atoms with E-state index >= 15 is 8.78 Å². The van der Waals surface area contributed by atoms with E-state index in [1.165, 1.54) is 12.1 Å². The third-order valence-corrected chi connectivity index (χ3v) is 14.7. The molecule has 4 aliphatic heterocycles. The fourth-order valence-corrected chi connectivity index (χ4v) is 11.9. The molecule has 5 aromatic rings. The van der Waals surface area contributed by atoms with E-state index in [1.54, 1.807) is 11.0 Å². The molecule has 308 valence electrons. The first kappa shape index (κ1) is 38.3.